The van der Waals surface area contributed by atoms with Gasteiger partial charge in [0, 0.05) is 0 Å². The van der Waals surface area contributed by atoms with Crippen LogP contribution in [0.4, 0.5) is 0 Å². The van der Waals surface area contributed by atoms with Crippen molar-refractivity contribution in [2.24, 2.45) is 5.92 Å². The number of furan rings is 1. The molecule has 0 aliphatic rings. The fraction of sp³-hybridized carbons (Fsp3) is 0.714. The SMILES string of the molecule is CCCNCc1ccc(CSCC(C)CC)o1. The van der Waals surface area contributed by atoms with E-state index in [1.807, 2.05) is 11.8 Å². The first-order valence-electron chi connectivity index (χ1n) is 6.62. The first-order chi connectivity index (χ1) is 8.26. The molecule has 0 bridgehead atoms. The van der Waals surface area contributed by atoms with Crippen LogP contribution in [-0.4, -0.2) is 12.3 Å². The van der Waals surface area contributed by atoms with Gasteiger partial charge in [-0.25, -0.2) is 0 Å². The fourth-order valence-electron chi connectivity index (χ4n) is 1.46. The van der Waals surface area contributed by atoms with E-state index in [2.05, 4.69) is 38.2 Å². The van der Waals surface area contributed by atoms with E-state index < -0.39 is 0 Å². The molecule has 3 heteroatoms. The maximum absolute atomic E-state index is 5.76. The summed E-state index contributed by atoms with van der Waals surface area (Å²) in [6, 6.07) is 4.19. The molecular formula is C14H25NOS. The van der Waals surface area contributed by atoms with E-state index >= 15 is 0 Å². The zero-order valence-electron chi connectivity index (χ0n) is 11.3. The lowest BCUT2D eigenvalue weighted by atomic mass is 10.2. The molecule has 0 fully saturated rings. The second kappa shape index (κ2) is 8.65. The summed E-state index contributed by atoms with van der Waals surface area (Å²) in [5.74, 6) is 5.18. The first kappa shape index (κ1) is 14.7. The lowest BCUT2D eigenvalue weighted by Gasteiger charge is -2.06. The Labute approximate surface area is 110 Å². The minimum Gasteiger partial charge on any atom is -0.464 e. The van der Waals surface area contributed by atoms with Crippen molar-refractivity contribution in [2.45, 2.75) is 45.9 Å². The van der Waals surface area contributed by atoms with Crippen LogP contribution in [0, 0.1) is 5.92 Å². The monoisotopic (exact) mass is 255 g/mol. The van der Waals surface area contributed by atoms with Crippen LogP contribution in [0.5, 0.6) is 0 Å². The standard InChI is InChI=1S/C14H25NOS/c1-4-8-15-9-13-6-7-14(16-13)11-17-10-12(3)5-2/h6-7,12,15H,4-5,8-11H2,1-3H3. The predicted molar refractivity (Wildman–Crippen MR) is 76.3 cm³/mol. The Balaban J connectivity index is 2.21. The molecule has 0 saturated heterocycles. The molecule has 0 spiro atoms. The third-order valence-corrected chi connectivity index (χ3v) is 4.08. The van der Waals surface area contributed by atoms with Gasteiger partial charge in [0.1, 0.15) is 11.5 Å². The molecule has 17 heavy (non-hydrogen) atoms. The highest BCUT2D eigenvalue weighted by Crippen LogP contribution is 2.18. The van der Waals surface area contributed by atoms with E-state index in [4.69, 9.17) is 4.42 Å². The molecule has 2 nitrogen and oxygen atoms in total. The average molecular weight is 255 g/mol. The van der Waals surface area contributed by atoms with Crippen LogP contribution in [0.2, 0.25) is 0 Å². The molecule has 0 aliphatic heterocycles. The Kier molecular flexibility index (Phi) is 7.45. The molecule has 1 aromatic rings. The third kappa shape index (κ3) is 6.18. The normalized spacial score (nSPS) is 12.9. The van der Waals surface area contributed by atoms with E-state index in [0.717, 1.165) is 36.3 Å². The Morgan fingerprint density at radius 3 is 2.76 bits per heavy atom. The maximum Gasteiger partial charge on any atom is 0.117 e. The van der Waals surface area contributed by atoms with Gasteiger partial charge in [-0.15, -0.1) is 0 Å². The van der Waals surface area contributed by atoms with Gasteiger partial charge in [0.25, 0.3) is 0 Å². The molecule has 1 rings (SSSR count). The summed E-state index contributed by atoms with van der Waals surface area (Å²) in [7, 11) is 0. The van der Waals surface area contributed by atoms with Gasteiger partial charge in [-0.2, -0.15) is 11.8 Å². The molecule has 1 atom stereocenters. The van der Waals surface area contributed by atoms with Gasteiger partial charge in [0.05, 0.1) is 12.3 Å². The van der Waals surface area contributed by atoms with Crippen molar-refractivity contribution >= 4 is 11.8 Å². The minimum atomic E-state index is 0.806. The summed E-state index contributed by atoms with van der Waals surface area (Å²) in [6.07, 6.45) is 2.43. The summed E-state index contributed by atoms with van der Waals surface area (Å²) in [6.45, 7) is 8.62. The number of hydrogen-bond acceptors (Lipinski definition) is 3. The molecule has 0 saturated carbocycles. The predicted octanol–water partition coefficient (Wildman–Crippen LogP) is 4.06. The summed E-state index contributed by atoms with van der Waals surface area (Å²) >= 11 is 1.97. The highest BCUT2D eigenvalue weighted by molar-refractivity contribution is 7.98. The molecule has 0 aromatic carbocycles. The van der Waals surface area contributed by atoms with Crippen LogP contribution in [-0.2, 0) is 12.3 Å². The number of rotatable bonds is 9. The molecule has 1 unspecified atom stereocenters. The van der Waals surface area contributed by atoms with Crippen LogP contribution in [0.3, 0.4) is 0 Å². The average Bonchev–Trinajstić information content (AvgIpc) is 2.77. The smallest absolute Gasteiger partial charge is 0.117 e. The highest BCUT2D eigenvalue weighted by atomic mass is 32.2. The van der Waals surface area contributed by atoms with Gasteiger partial charge < -0.3 is 9.73 Å². The molecule has 1 N–H and O–H groups in total. The van der Waals surface area contributed by atoms with Crippen molar-refractivity contribution in [2.75, 3.05) is 12.3 Å². The second-order valence-corrected chi connectivity index (χ2v) is 5.60. The number of thioether (sulfide) groups is 1. The van der Waals surface area contributed by atoms with Gasteiger partial charge in [-0.1, -0.05) is 27.2 Å². The molecular weight excluding hydrogens is 230 g/mol. The Morgan fingerprint density at radius 2 is 2.06 bits per heavy atom. The van der Waals surface area contributed by atoms with Gasteiger partial charge >= 0.3 is 0 Å². The van der Waals surface area contributed by atoms with Gasteiger partial charge in [0.15, 0.2) is 0 Å². The number of hydrogen-bond donors (Lipinski definition) is 1. The molecule has 1 heterocycles. The van der Waals surface area contributed by atoms with Crippen LogP contribution < -0.4 is 5.32 Å². The van der Waals surface area contributed by atoms with Crippen LogP contribution in [0.25, 0.3) is 0 Å². The molecule has 1 aromatic heterocycles. The van der Waals surface area contributed by atoms with Crippen molar-refractivity contribution in [3.8, 4) is 0 Å². The van der Waals surface area contributed by atoms with Crippen molar-refractivity contribution in [3.63, 3.8) is 0 Å². The van der Waals surface area contributed by atoms with Gasteiger partial charge in [0.2, 0.25) is 0 Å². The van der Waals surface area contributed by atoms with E-state index in [-0.39, 0.29) is 0 Å². The molecule has 0 radical (unpaired) electrons. The molecule has 0 amide bonds. The van der Waals surface area contributed by atoms with Crippen LogP contribution in [0.1, 0.15) is 45.1 Å². The summed E-state index contributed by atoms with van der Waals surface area (Å²) < 4.78 is 5.76. The second-order valence-electron chi connectivity index (χ2n) is 4.57. The highest BCUT2D eigenvalue weighted by Gasteiger charge is 2.03. The third-order valence-electron chi connectivity index (χ3n) is 2.79. The number of nitrogens with one attached hydrogen (secondary N) is 1. The topological polar surface area (TPSA) is 25.2 Å². The fourth-order valence-corrected chi connectivity index (χ4v) is 2.57. The van der Waals surface area contributed by atoms with E-state index in [1.165, 1.54) is 18.6 Å². The van der Waals surface area contributed by atoms with E-state index in [0.29, 0.717) is 0 Å². The van der Waals surface area contributed by atoms with Gasteiger partial charge in [-0.05, 0) is 36.8 Å². The van der Waals surface area contributed by atoms with Gasteiger partial charge in [-0.3, -0.25) is 0 Å². The zero-order chi connectivity index (χ0) is 12.5. The van der Waals surface area contributed by atoms with Crippen molar-refractivity contribution in [1.82, 2.24) is 5.32 Å². The van der Waals surface area contributed by atoms with Crippen LogP contribution in [0.15, 0.2) is 16.5 Å². The zero-order valence-corrected chi connectivity index (χ0v) is 12.1. The van der Waals surface area contributed by atoms with Crippen molar-refractivity contribution in [1.29, 1.82) is 0 Å². The lowest BCUT2D eigenvalue weighted by molar-refractivity contribution is 0.459. The molecule has 98 valence electrons. The summed E-state index contributed by atoms with van der Waals surface area (Å²) in [4.78, 5) is 0. The maximum atomic E-state index is 5.76. The van der Waals surface area contributed by atoms with Crippen molar-refractivity contribution in [3.05, 3.63) is 23.7 Å². The quantitative estimate of drug-likeness (QED) is 0.674. The van der Waals surface area contributed by atoms with E-state index in [9.17, 15) is 0 Å². The van der Waals surface area contributed by atoms with Crippen LogP contribution >= 0.6 is 11.8 Å². The largest absolute Gasteiger partial charge is 0.464 e. The Bertz CT molecular complexity index is 298. The Morgan fingerprint density at radius 1 is 1.29 bits per heavy atom. The molecule has 0 aliphatic carbocycles. The first-order valence-corrected chi connectivity index (χ1v) is 7.77. The minimum absolute atomic E-state index is 0.806. The Hall–Kier alpha value is -0.410. The van der Waals surface area contributed by atoms with Crippen molar-refractivity contribution < 1.29 is 4.42 Å². The summed E-state index contributed by atoms with van der Waals surface area (Å²) in [5.41, 5.74) is 0. The summed E-state index contributed by atoms with van der Waals surface area (Å²) in [5, 5.41) is 3.35. The lowest BCUT2D eigenvalue weighted by Crippen LogP contribution is -2.12. The van der Waals surface area contributed by atoms with E-state index in [1.54, 1.807) is 0 Å².